The van der Waals surface area contributed by atoms with E-state index in [1.807, 2.05) is 24.3 Å². The average molecular weight is 291 g/mol. The van der Waals surface area contributed by atoms with Crippen LogP contribution in [0.4, 0.5) is 10.1 Å². The molecule has 0 aliphatic heterocycles. The molecule has 2 aromatic rings. The van der Waals surface area contributed by atoms with Gasteiger partial charge in [-0.3, -0.25) is 0 Å². The number of anilines is 1. The second kappa shape index (κ2) is 6.78. The number of nitrogens with zero attached hydrogens (tertiary/aromatic N) is 1. The minimum absolute atomic E-state index is 0.0146. The van der Waals surface area contributed by atoms with Gasteiger partial charge in [-0.15, -0.1) is 0 Å². The molecule has 0 unspecified atom stereocenters. The predicted molar refractivity (Wildman–Crippen MR) is 76.3 cm³/mol. The van der Waals surface area contributed by atoms with Crippen molar-refractivity contribution < 1.29 is 9.13 Å². The maximum absolute atomic E-state index is 12.9. The molecule has 0 radical (unpaired) electrons. The molecule has 0 fully saturated rings. The Hall–Kier alpha value is -2.25. The Bertz CT molecular complexity index is 640. The Morgan fingerprint density at radius 3 is 2.85 bits per heavy atom. The van der Waals surface area contributed by atoms with Crippen molar-refractivity contribution in [2.75, 3.05) is 11.9 Å². The van der Waals surface area contributed by atoms with E-state index in [0.717, 1.165) is 5.56 Å². The van der Waals surface area contributed by atoms with Gasteiger partial charge >= 0.3 is 0 Å². The third kappa shape index (κ3) is 3.87. The van der Waals surface area contributed by atoms with Crippen LogP contribution in [0.2, 0.25) is 5.02 Å². The Morgan fingerprint density at radius 1 is 1.25 bits per heavy atom. The monoisotopic (exact) mass is 290 g/mol. The molecular weight excluding hydrogens is 279 g/mol. The zero-order valence-electron chi connectivity index (χ0n) is 10.6. The number of hydrogen-bond acceptors (Lipinski definition) is 3. The largest absolute Gasteiger partial charge is 0.479 e. The zero-order chi connectivity index (χ0) is 14.4. The van der Waals surface area contributed by atoms with E-state index < -0.39 is 0 Å². The van der Waals surface area contributed by atoms with Crippen LogP contribution in [0.15, 0.2) is 42.5 Å². The average Bonchev–Trinajstić information content (AvgIpc) is 2.45. The highest BCUT2D eigenvalue weighted by Gasteiger charge is 2.02. The summed E-state index contributed by atoms with van der Waals surface area (Å²) in [6.45, 7) is 0.537. The Kier molecular flexibility index (Phi) is 4.80. The van der Waals surface area contributed by atoms with E-state index in [0.29, 0.717) is 23.0 Å². The lowest BCUT2D eigenvalue weighted by Gasteiger charge is -2.09. The van der Waals surface area contributed by atoms with Crippen LogP contribution in [-0.4, -0.2) is 6.61 Å². The third-order valence-corrected chi connectivity index (χ3v) is 2.93. The van der Waals surface area contributed by atoms with Gasteiger partial charge in [0.25, 0.3) is 0 Å². The van der Waals surface area contributed by atoms with Crippen LogP contribution in [0.3, 0.4) is 0 Å². The lowest BCUT2D eigenvalue weighted by Crippen LogP contribution is -2.01. The molecule has 2 aromatic carbocycles. The van der Waals surface area contributed by atoms with Gasteiger partial charge in [0.1, 0.15) is 17.6 Å². The number of rotatable bonds is 5. The molecule has 20 heavy (non-hydrogen) atoms. The first-order chi connectivity index (χ1) is 9.69. The van der Waals surface area contributed by atoms with E-state index >= 15 is 0 Å². The third-order valence-electron chi connectivity index (χ3n) is 2.62. The van der Waals surface area contributed by atoms with Crippen LogP contribution in [-0.2, 0) is 6.54 Å². The van der Waals surface area contributed by atoms with E-state index in [9.17, 15) is 4.39 Å². The standard InChI is InChI=1S/C15H12ClFN2O/c16-14-9-12(17)4-5-15(14)19-10-11-2-1-3-13(8-11)20-7-6-18/h1-5,8-9,19H,7,10H2. The van der Waals surface area contributed by atoms with Crippen LogP contribution in [0.1, 0.15) is 5.56 Å². The first kappa shape index (κ1) is 14.2. The summed E-state index contributed by atoms with van der Waals surface area (Å²) in [5.41, 5.74) is 1.64. The van der Waals surface area contributed by atoms with E-state index in [1.165, 1.54) is 12.1 Å². The van der Waals surface area contributed by atoms with E-state index in [4.69, 9.17) is 21.6 Å². The summed E-state index contributed by atoms with van der Waals surface area (Å²) in [5.74, 6) is 0.267. The second-order valence-electron chi connectivity index (χ2n) is 4.07. The van der Waals surface area contributed by atoms with Crippen molar-refractivity contribution in [2.24, 2.45) is 0 Å². The van der Waals surface area contributed by atoms with Crippen LogP contribution >= 0.6 is 11.6 Å². The number of halogens is 2. The SMILES string of the molecule is N#CCOc1cccc(CNc2ccc(F)cc2Cl)c1. The highest BCUT2D eigenvalue weighted by molar-refractivity contribution is 6.33. The molecule has 0 aromatic heterocycles. The van der Waals surface area contributed by atoms with Gasteiger partial charge in [0.2, 0.25) is 0 Å². The van der Waals surface area contributed by atoms with Gasteiger partial charge in [-0.05, 0) is 35.9 Å². The molecule has 102 valence electrons. The highest BCUT2D eigenvalue weighted by atomic mass is 35.5. The summed E-state index contributed by atoms with van der Waals surface area (Å²) in [4.78, 5) is 0. The van der Waals surface area contributed by atoms with Gasteiger partial charge in [-0.1, -0.05) is 23.7 Å². The molecule has 0 spiro atoms. The molecule has 5 heteroatoms. The number of nitrogens with one attached hydrogen (secondary N) is 1. The fourth-order valence-electron chi connectivity index (χ4n) is 1.69. The van der Waals surface area contributed by atoms with E-state index in [2.05, 4.69) is 5.32 Å². The lowest BCUT2D eigenvalue weighted by atomic mass is 10.2. The van der Waals surface area contributed by atoms with Gasteiger partial charge in [-0.2, -0.15) is 5.26 Å². The first-order valence-electron chi connectivity index (χ1n) is 5.96. The van der Waals surface area contributed by atoms with E-state index in [-0.39, 0.29) is 12.4 Å². The molecular formula is C15H12ClFN2O. The van der Waals surface area contributed by atoms with Crippen LogP contribution in [0.5, 0.6) is 5.75 Å². The quantitative estimate of drug-likeness (QED) is 0.905. The molecule has 0 saturated carbocycles. The Morgan fingerprint density at radius 2 is 2.10 bits per heavy atom. The number of nitriles is 1. The molecule has 3 nitrogen and oxygen atoms in total. The van der Waals surface area contributed by atoms with Crippen molar-refractivity contribution in [3.05, 3.63) is 58.9 Å². The summed E-state index contributed by atoms with van der Waals surface area (Å²) < 4.78 is 18.1. The Balaban J connectivity index is 2.01. The molecule has 0 atom stereocenters. The van der Waals surface area contributed by atoms with Gasteiger partial charge in [0, 0.05) is 6.54 Å². The van der Waals surface area contributed by atoms with Crippen molar-refractivity contribution >= 4 is 17.3 Å². The number of hydrogen-bond donors (Lipinski definition) is 1. The summed E-state index contributed by atoms with van der Waals surface area (Å²) >= 11 is 5.93. The Labute approximate surface area is 121 Å². The molecule has 1 N–H and O–H groups in total. The predicted octanol–water partition coefficient (Wildman–Crippen LogP) is 3.99. The topological polar surface area (TPSA) is 45.0 Å². The summed E-state index contributed by atoms with van der Waals surface area (Å²) in [7, 11) is 0. The lowest BCUT2D eigenvalue weighted by molar-refractivity contribution is 0.368. The molecule has 2 rings (SSSR count). The minimum Gasteiger partial charge on any atom is -0.479 e. The zero-order valence-corrected chi connectivity index (χ0v) is 11.3. The maximum Gasteiger partial charge on any atom is 0.174 e. The fraction of sp³-hybridized carbons (Fsp3) is 0.133. The molecule has 0 bridgehead atoms. The van der Waals surface area contributed by atoms with Gasteiger partial charge in [0.05, 0.1) is 10.7 Å². The molecule has 0 aliphatic rings. The minimum atomic E-state index is -0.368. The van der Waals surface area contributed by atoms with Gasteiger partial charge in [0.15, 0.2) is 6.61 Å². The maximum atomic E-state index is 12.9. The second-order valence-corrected chi connectivity index (χ2v) is 4.48. The van der Waals surface area contributed by atoms with Crippen molar-refractivity contribution in [1.82, 2.24) is 0 Å². The molecule has 0 saturated heterocycles. The molecule has 0 heterocycles. The van der Waals surface area contributed by atoms with E-state index in [1.54, 1.807) is 12.1 Å². The van der Waals surface area contributed by atoms with Crippen molar-refractivity contribution in [3.63, 3.8) is 0 Å². The summed E-state index contributed by atoms with van der Waals surface area (Å²) in [6, 6.07) is 13.5. The first-order valence-corrected chi connectivity index (χ1v) is 6.34. The summed E-state index contributed by atoms with van der Waals surface area (Å²) in [6.07, 6.45) is 0. The number of ether oxygens (including phenoxy) is 1. The molecule has 0 amide bonds. The van der Waals surface area contributed by atoms with Gasteiger partial charge in [-0.25, -0.2) is 4.39 Å². The van der Waals surface area contributed by atoms with Crippen LogP contribution in [0, 0.1) is 17.1 Å². The van der Waals surface area contributed by atoms with Crippen molar-refractivity contribution in [1.29, 1.82) is 5.26 Å². The normalized spacial score (nSPS) is 9.85. The van der Waals surface area contributed by atoms with Crippen LogP contribution in [0.25, 0.3) is 0 Å². The van der Waals surface area contributed by atoms with Crippen LogP contribution < -0.4 is 10.1 Å². The van der Waals surface area contributed by atoms with Crippen molar-refractivity contribution in [3.8, 4) is 11.8 Å². The molecule has 0 aliphatic carbocycles. The van der Waals surface area contributed by atoms with Gasteiger partial charge < -0.3 is 10.1 Å². The van der Waals surface area contributed by atoms with Crippen molar-refractivity contribution in [2.45, 2.75) is 6.54 Å². The highest BCUT2D eigenvalue weighted by Crippen LogP contribution is 2.23. The smallest absolute Gasteiger partial charge is 0.174 e. The summed E-state index contributed by atoms with van der Waals surface area (Å²) in [5, 5.41) is 11.9. The number of benzene rings is 2. The fourth-order valence-corrected chi connectivity index (χ4v) is 1.93.